The minimum Gasteiger partial charge on any atom is -0.454 e. The Kier molecular flexibility index (Phi) is 5.20. The Balaban J connectivity index is 1.34. The highest BCUT2D eigenvalue weighted by Crippen LogP contribution is 2.33. The van der Waals surface area contributed by atoms with Crippen molar-refractivity contribution in [2.45, 2.75) is 19.9 Å². The molecule has 1 saturated heterocycles. The maximum Gasteiger partial charge on any atom is 0.264 e. The highest BCUT2D eigenvalue weighted by Gasteiger charge is 2.24. The number of carbonyl (C=O) groups is 1. The number of fused-ring (bicyclic) bond motifs is 1. The number of amides is 1. The number of nitrogens with zero attached hydrogens (tertiary/aromatic N) is 2. The van der Waals surface area contributed by atoms with Crippen molar-refractivity contribution in [1.29, 1.82) is 0 Å². The zero-order valence-corrected chi connectivity index (χ0v) is 17.1. The Hall–Kier alpha value is -1.57. The van der Waals surface area contributed by atoms with E-state index in [1.165, 1.54) is 10.4 Å². The monoisotopic (exact) mass is 436 g/mol. The molecule has 0 radical (unpaired) electrons. The summed E-state index contributed by atoms with van der Waals surface area (Å²) in [5, 5.41) is 0. The van der Waals surface area contributed by atoms with E-state index in [0.29, 0.717) is 6.79 Å². The molecular weight excluding hydrogens is 416 g/mol. The van der Waals surface area contributed by atoms with E-state index >= 15 is 0 Å². The molecule has 1 aromatic heterocycles. The predicted octanol–water partition coefficient (Wildman–Crippen LogP) is 3.76. The quantitative estimate of drug-likeness (QED) is 0.731. The number of benzene rings is 1. The molecule has 138 valence electrons. The summed E-state index contributed by atoms with van der Waals surface area (Å²) < 4.78 is 11.9. The van der Waals surface area contributed by atoms with E-state index in [4.69, 9.17) is 9.47 Å². The van der Waals surface area contributed by atoms with Crippen molar-refractivity contribution in [2.75, 3.05) is 33.0 Å². The minimum atomic E-state index is 0.151. The largest absolute Gasteiger partial charge is 0.454 e. The van der Waals surface area contributed by atoms with Crippen LogP contribution in [0, 0.1) is 0 Å². The summed E-state index contributed by atoms with van der Waals surface area (Å²) in [6, 6.07) is 8.07. The van der Waals surface area contributed by atoms with E-state index in [1.807, 2.05) is 17.0 Å². The molecule has 0 atom stereocenters. The van der Waals surface area contributed by atoms with Gasteiger partial charge in [-0.05, 0) is 46.1 Å². The van der Waals surface area contributed by atoms with E-state index in [9.17, 15) is 4.79 Å². The van der Waals surface area contributed by atoms with Gasteiger partial charge in [0.2, 0.25) is 6.79 Å². The van der Waals surface area contributed by atoms with E-state index in [-0.39, 0.29) is 5.91 Å². The van der Waals surface area contributed by atoms with Gasteiger partial charge in [0.25, 0.3) is 5.91 Å². The number of ether oxygens (including phenoxy) is 2. The predicted molar refractivity (Wildman–Crippen MR) is 105 cm³/mol. The van der Waals surface area contributed by atoms with Crippen LogP contribution in [-0.4, -0.2) is 48.7 Å². The van der Waals surface area contributed by atoms with Gasteiger partial charge >= 0.3 is 0 Å². The van der Waals surface area contributed by atoms with Crippen LogP contribution in [0.5, 0.6) is 11.5 Å². The first-order valence-electron chi connectivity index (χ1n) is 8.82. The SMILES string of the molecule is CCc1sc(C(=O)N2CCN(Cc3ccc4c(c3)OCO4)CC2)cc1Br. The zero-order valence-electron chi connectivity index (χ0n) is 14.7. The number of hydrogen-bond donors (Lipinski definition) is 0. The van der Waals surface area contributed by atoms with E-state index in [2.05, 4.69) is 39.9 Å². The van der Waals surface area contributed by atoms with Crippen LogP contribution >= 0.6 is 27.3 Å². The molecule has 4 rings (SSSR count). The van der Waals surface area contributed by atoms with Gasteiger partial charge in [-0.3, -0.25) is 9.69 Å². The molecule has 0 N–H and O–H groups in total. The van der Waals surface area contributed by atoms with Crippen molar-refractivity contribution in [3.63, 3.8) is 0 Å². The third-order valence-electron chi connectivity index (χ3n) is 4.79. The summed E-state index contributed by atoms with van der Waals surface area (Å²) in [6.07, 6.45) is 0.946. The van der Waals surface area contributed by atoms with Gasteiger partial charge in [-0.2, -0.15) is 0 Å². The summed E-state index contributed by atoms with van der Waals surface area (Å²) in [6.45, 7) is 6.57. The van der Waals surface area contributed by atoms with Gasteiger partial charge < -0.3 is 14.4 Å². The fourth-order valence-corrected chi connectivity index (χ4v) is 5.18. The van der Waals surface area contributed by atoms with Gasteiger partial charge in [-0.15, -0.1) is 11.3 Å². The molecule has 2 aromatic rings. The Morgan fingerprint density at radius 1 is 1.15 bits per heavy atom. The molecule has 5 nitrogen and oxygen atoms in total. The number of hydrogen-bond acceptors (Lipinski definition) is 5. The van der Waals surface area contributed by atoms with E-state index in [1.54, 1.807) is 11.3 Å². The minimum absolute atomic E-state index is 0.151. The van der Waals surface area contributed by atoms with Crippen LogP contribution in [0.2, 0.25) is 0 Å². The summed E-state index contributed by atoms with van der Waals surface area (Å²) >= 11 is 5.15. The van der Waals surface area contributed by atoms with Gasteiger partial charge in [0, 0.05) is 42.1 Å². The van der Waals surface area contributed by atoms with Crippen molar-refractivity contribution in [3.05, 3.63) is 44.1 Å². The molecule has 2 aliphatic heterocycles. The van der Waals surface area contributed by atoms with Crippen molar-refractivity contribution in [1.82, 2.24) is 9.80 Å². The molecule has 3 heterocycles. The summed E-state index contributed by atoms with van der Waals surface area (Å²) in [4.78, 5) is 19.1. The second-order valence-corrected chi connectivity index (χ2v) is 8.48. The van der Waals surface area contributed by atoms with Crippen molar-refractivity contribution in [3.8, 4) is 11.5 Å². The molecule has 0 saturated carbocycles. The van der Waals surface area contributed by atoms with Crippen LogP contribution in [-0.2, 0) is 13.0 Å². The van der Waals surface area contributed by atoms with Crippen molar-refractivity contribution < 1.29 is 14.3 Å². The zero-order chi connectivity index (χ0) is 18.1. The van der Waals surface area contributed by atoms with Gasteiger partial charge in [0.15, 0.2) is 11.5 Å². The number of rotatable bonds is 4. The molecule has 2 aliphatic rings. The average molecular weight is 437 g/mol. The fraction of sp³-hybridized carbons (Fsp3) is 0.421. The Bertz CT molecular complexity index is 815. The summed E-state index contributed by atoms with van der Waals surface area (Å²) in [5.41, 5.74) is 1.21. The van der Waals surface area contributed by atoms with Gasteiger partial charge in [0.05, 0.1) is 4.88 Å². The molecule has 26 heavy (non-hydrogen) atoms. The molecule has 0 unspecified atom stereocenters. The number of carbonyl (C=O) groups excluding carboxylic acids is 1. The molecule has 7 heteroatoms. The number of aryl methyl sites for hydroxylation is 1. The lowest BCUT2D eigenvalue weighted by molar-refractivity contribution is 0.0633. The summed E-state index contributed by atoms with van der Waals surface area (Å²) in [5.74, 6) is 1.79. The highest BCUT2D eigenvalue weighted by atomic mass is 79.9. The Labute approximate surface area is 165 Å². The fourth-order valence-electron chi connectivity index (χ4n) is 3.32. The number of halogens is 1. The van der Waals surface area contributed by atoms with Gasteiger partial charge in [-0.25, -0.2) is 0 Å². The molecule has 0 aliphatic carbocycles. The lowest BCUT2D eigenvalue weighted by atomic mass is 10.1. The normalized spacial score (nSPS) is 16.9. The van der Waals surface area contributed by atoms with E-state index in [0.717, 1.165) is 60.0 Å². The third-order valence-corrected chi connectivity index (χ3v) is 7.03. The lowest BCUT2D eigenvalue weighted by Crippen LogP contribution is -2.48. The van der Waals surface area contributed by atoms with Crippen LogP contribution in [0.15, 0.2) is 28.7 Å². The molecule has 0 spiro atoms. The molecular formula is C19H21BrN2O3S. The van der Waals surface area contributed by atoms with Crippen LogP contribution < -0.4 is 9.47 Å². The molecule has 0 bridgehead atoms. The third kappa shape index (κ3) is 3.61. The second-order valence-electron chi connectivity index (χ2n) is 6.49. The highest BCUT2D eigenvalue weighted by molar-refractivity contribution is 9.10. The topological polar surface area (TPSA) is 42.0 Å². The maximum atomic E-state index is 12.7. The van der Waals surface area contributed by atoms with Gasteiger partial charge in [-0.1, -0.05) is 13.0 Å². The molecule has 1 amide bonds. The van der Waals surface area contributed by atoms with E-state index < -0.39 is 0 Å². The van der Waals surface area contributed by atoms with Crippen molar-refractivity contribution in [2.24, 2.45) is 0 Å². The van der Waals surface area contributed by atoms with Crippen LogP contribution in [0.3, 0.4) is 0 Å². The van der Waals surface area contributed by atoms with Crippen LogP contribution in [0.25, 0.3) is 0 Å². The first kappa shape index (κ1) is 17.8. The molecule has 1 fully saturated rings. The van der Waals surface area contributed by atoms with Crippen LogP contribution in [0.1, 0.15) is 27.0 Å². The first-order chi connectivity index (χ1) is 12.6. The standard InChI is InChI=1S/C19H21BrN2O3S/c1-2-17-14(20)10-18(26-17)19(23)22-7-5-21(6-8-22)11-13-3-4-15-16(9-13)25-12-24-15/h3-4,9-10H,2,5-8,11-12H2,1H3. The van der Waals surface area contributed by atoms with Gasteiger partial charge in [0.1, 0.15) is 0 Å². The van der Waals surface area contributed by atoms with Crippen molar-refractivity contribution >= 4 is 33.2 Å². The first-order valence-corrected chi connectivity index (χ1v) is 10.4. The smallest absolute Gasteiger partial charge is 0.264 e. The Morgan fingerprint density at radius 2 is 1.92 bits per heavy atom. The maximum absolute atomic E-state index is 12.7. The Morgan fingerprint density at radius 3 is 2.65 bits per heavy atom. The summed E-state index contributed by atoms with van der Waals surface area (Å²) in [7, 11) is 0. The lowest BCUT2D eigenvalue weighted by Gasteiger charge is -2.34. The number of piperazine rings is 1. The second kappa shape index (κ2) is 7.58. The molecule has 1 aromatic carbocycles. The average Bonchev–Trinajstić information content (AvgIpc) is 3.27. The number of thiophene rings is 1. The van der Waals surface area contributed by atoms with Crippen LogP contribution in [0.4, 0.5) is 0 Å².